The number of carbonyl (C=O) groups excluding carboxylic acids is 3. The van der Waals surface area contributed by atoms with Gasteiger partial charge in [0.1, 0.15) is 12.5 Å². The highest BCUT2D eigenvalue weighted by Crippen LogP contribution is 2.44. The van der Waals surface area contributed by atoms with Gasteiger partial charge in [-0.05, 0) is 42.5 Å². The van der Waals surface area contributed by atoms with Crippen molar-refractivity contribution in [2.45, 2.75) is 18.3 Å². The number of halogens is 4. The molecule has 4 unspecified atom stereocenters. The van der Waals surface area contributed by atoms with Crippen LogP contribution < -0.4 is 10.2 Å². The van der Waals surface area contributed by atoms with Gasteiger partial charge in [0.05, 0.1) is 36.0 Å². The Hall–Kier alpha value is -3.82. The third-order valence-electron chi connectivity index (χ3n) is 6.56. The van der Waals surface area contributed by atoms with Crippen molar-refractivity contribution < 1.29 is 36.4 Å². The van der Waals surface area contributed by atoms with E-state index in [0.29, 0.717) is 16.7 Å². The van der Waals surface area contributed by atoms with E-state index in [0.717, 1.165) is 24.3 Å². The minimum Gasteiger partial charge on any atom is -0.321 e. The fraction of sp³-hybridized carbons (Fsp3) is 0.273. The number of quaternary nitrogens is 1. The Morgan fingerprint density at radius 2 is 1.82 bits per heavy atom. The molecule has 2 aromatic carbocycles. The first-order chi connectivity index (χ1) is 16.1. The number of carbonyl (C=O) groups is 3. The van der Waals surface area contributed by atoms with Gasteiger partial charge in [-0.25, -0.2) is 18.6 Å². The molecule has 0 saturated carbocycles. The van der Waals surface area contributed by atoms with E-state index in [-0.39, 0.29) is 25.4 Å². The lowest BCUT2D eigenvalue weighted by molar-refractivity contribution is -0.852. The Balaban J connectivity index is 1.50. The van der Waals surface area contributed by atoms with Crippen molar-refractivity contribution in [2.75, 3.05) is 30.0 Å². The van der Waals surface area contributed by atoms with Crippen LogP contribution in [0.4, 0.5) is 33.7 Å². The van der Waals surface area contributed by atoms with Crippen LogP contribution in [0, 0.1) is 17.1 Å². The van der Waals surface area contributed by atoms with Crippen LogP contribution in [-0.4, -0.2) is 59.1 Å². The monoisotopic (exact) mass is 474 g/mol. The zero-order chi connectivity index (χ0) is 24.4. The van der Waals surface area contributed by atoms with Gasteiger partial charge in [-0.1, -0.05) is 0 Å². The summed E-state index contributed by atoms with van der Waals surface area (Å²) in [6, 6.07) is 6.39. The van der Waals surface area contributed by atoms with Gasteiger partial charge in [0.2, 0.25) is 0 Å². The molecule has 4 amide bonds. The summed E-state index contributed by atoms with van der Waals surface area (Å²) < 4.78 is 53.0. The number of amides is 4. The lowest BCUT2D eigenvalue weighted by Crippen LogP contribution is -2.63. The minimum atomic E-state index is -4.86. The number of nitrogens with one attached hydrogen (secondary N) is 1. The molecule has 0 radical (unpaired) electrons. The van der Waals surface area contributed by atoms with E-state index < -0.39 is 57.5 Å². The average Bonchev–Trinajstić information content (AvgIpc) is 3.43. The second-order valence-corrected chi connectivity index (χ2v) is 8.43. The molecule has 3 heterocycles. The van der Waals surface area contributed by atoms with Crippen LogP contribution in [0.1, 0.15) is 11.1 Å². The van der Waals surface area contributed by atoms with Crippen molar-refractivity contribution in [3.8, 4) is 6.07 Å². The first kappa shape index (κ1) is 22.0. The van der Waals surface area contributed by atoms with Crippen LogP contribution >= 0.6 is 0 Å². The Labute approximate surface area is 190 Å². The molecular weight excluding hydrogens is 458 g/mol. The van der Waals surface area contributed by atoms with Crippen LogP contribution in [0.25, 0.3) is 0 Å². The molecule has 2 aromatic rings. The lowest BCUT2D eigenvalue weighted by Gasteiger charge is -2.32. The zero-order valence-electron chi connectivity index (χ0n) is 17.3. The van der Waals surface area contributed by atoms with Crippen LogP contribution in [0.3, 0.4) is 0 Å². The molecular formula is C22H16F4N5O3+. The highest BCUT2D eigenvalue weighted by Gasteiger charge is 2.73. The molecule has 8 nitrogen and oxygen atoms in total. The minimum absolute atomic E-state index is 0.0651. The van der Waals surface area contributed by atoms with Crippen molar-refractivity contribution in [3.63, 3.8) is 0 Å². The highest BCUT2D eigenvalue weighted by molar-refractivity contribution is 6.19. The summed E-state index contributed by atoms with van der Waals surface area (Å²) in [5.74, 6) is -1.76. The van der Waals surface area contributed by atoms with E-state index in [1.165, 1.54) is 18.2 Å². The number of fused-ring (bicyclic) bond motifs is 1. The molecule has 3 aliphatic rings. The van der Waals surface area contributed by atoms with E-state index >= 15 is 0 Å². The van der Waals surface area contributed by atoms with E-state index in [1.807, 2.05) is 0 Å². The number of nitriles is 1. The van der Waals surface area contributed by atoms with Crippen LogP contribution in [-0.2, 0) is 15.8 Å². The summed E-state index contributed by atoms with van der Waals surface area (Å²) in [6.45, 7) is 0.428. The normalized spacial score (nSPS) is 27.6. The molecule has 1 N–H and O–H groups in total. The summed E-state index contributed by atoms with van der Waals surface area (Å²) in [6.07, 6.45) is -4.86. The number of urea groups is 1. The number of hydrogen-bond acceptors (Lipinski definition) is 5. The van der Waals surface area contributed by atoms with E-state index in [9.17, 15) is 31.9 Å². The van der Waals surface area contributed by atoms with Gasteiger partial charge in [-0.3, -0.25) is 9.59 Å². The molecule has 3 saturated heterocycles. The zero-order valence-corrected chi connectivity index (χ0v) is 17.3. The molecule has 0 aromatic heterocycles. The second kappa shape index (κ2) is 7.34. The van der Waals surface area contributed by atoms with Gasteiger partial charge < -0.3 is 5.32 Å². The van der Waals surface area contributed by atoms with Crippen molar-refractivity contribution in [3.05, 3.63) is 59.4 Å². The average molecular weight is 474 g/mol. The highest BCUT2D eigenvalue weighted by atomic mass is 19.4. The first-order valence-corrected chi connectivity index (χ1v) is 10.2. The fourth-order valence-corrected chi connectivity index (χ4v) is 5.04. The topological polar surface area (TPSA) is 93.5 Å². The number of benzene rings is 2. The maximum absolute atomic E-state index is 13.6. The molecule has 3 aliphatic heterocycles. The summed E-state index contributed by atoms with van der Waals surface area (Å²) in [7, 11) is 0. The number of piperazine rings is 1. The van der Waals surface area contributed by atoms with Gasteiger partial charge in [-0.15, -0.1) is 0 Å². The molecule has 0 aliphatic carbocycles. The number of imide groups is 1. The molecule has 5 rings (SSSR count). The number of anilines is 2. The molecule has 2 bridgehead atoms. The molecule has 4 atom stereocenters. The smallest absolute Gasteiger partial charge is 0.321 e. The Morgan fingerprint density at radius 1 is 1.12 bits per heavy atom. The first-order valence-electron chi connectivity index (χ1n) is 10.2. The van der Waals surface area contributed by atoms with E-state index in [4.69, 9.17) is 5.26 Å². The van der Waals surface area contributed by atoms with Gasteiger partial charge in [0.25, 0.3) is 11.8 Å². The molecule has 1 spiro atoms. The fourth-order valence-electron chi connectivity index (χ4n) is 5.04. The van der Waals surface area contributed by atoms with Gasteiger partial charge in [0, 0.05) is 5.69 Å². The predicted octanol–water partition coefficient (Wildman–Crippen LogP) is 2.66. The van der Waals surface area contributed by atoms with Gasteiger partial charge >= 0.3 is 12.2 Å². The molecule has 12 heteroatoms. The Bertz CT molecular complexity index is 1270. The summed E-state index contributed by atoms with van der Waals surface area (Å²) >= 11 is 0. The standard InChI is InChI=1S/C22H15F4N5O3/c23-13-2-4-14(5-3-13)28-19(32)17-9-29-10-18-20(33)30(21(34)31(17,18)11-29)15-6-1-12(8-27)16(7-15)22(24,25)26/h1-7,17-18H,9-11H2/p+1. The van der Waals surface area contributed by atoms with Gasteiger partial charge in [0.15, 0.2) is 12.1 Å². The summed E-state index contributed by atoms with van der Waals surface area (Å²) in [5, 5.41) is 11.6. The van der Waals surface area contributed by atoms with Crippen molar-refractivity contribution in [1.29, 1.82) is 5.26 Å². The van der Waals surface area contributed by atoms with Crippen molar-refractivity contribution in [2.24, 2.45) is 0 Å². The number of alkyl halides is 3. The summed E-state index contributed by atoms with van der Waals surface area (Å²) in [5.41, 5.74) is -1.89. The maximum atomic E-state index is 13.6. The number of hydrogen-bond donors (Lipinski definition) is 1. The maximum Gasteiger partial charge on any atom is 0.433 e. The van der Waals surface area contributed by atoms with Crippen LogP contribution in [0.15, 0.2) is 42.5 Å². The Kier molecular flexibility index (Phi) is 4.75. The SMILES string of the molecule is N#Cc1ccc(N2C(=O)C3CN4CC(C(=O)Nc5ccc(F)cc5)[N+]3(C4)C2=O)cc1C(F)(F)F. The van der Waals surface area contributed by atoms with E-state index in [1.54, 1.807) is 4.90 Å². The number of nitrogens with zero attached hydrogens (tertiary/aromatic N) is 4. The molecule has 174 valence electrons. The quantitative estimate of drug-likeness (QED) is 0.420. The van der Waals surface area contributed by atoms with Crippen molar-refractivity contribution in [1.82, 2.24) is 4.90 Å². The largest absolute Gasteiger partial charge is 0.433 e. The third kappa shape index (κ3) is 3.08. The molecule has 34 heavy (non-hydrogen) atoms. The summed E-state index contributed by atoms with van der Waals surface area (Å²) in [4.78, 5) is 42.3. The number of rotatable bonds is 3. The Morgan fingerprint density at radius 3 is 2.47 bits per heavy atom. The van der Waals surface area contributed by atoms with E-state index in [2.05, 4.69) is 5.32 Å². The lowest BCUT2D eigenvalue weighted by atomic mass is 10.1. The van der Waals surface area contributed by atoms with Crippen LogP contribution in [0.5, 0.6) is 0 Å². The predicted molar refractivity (Wildman–Crippen MR) is 108 cm³/mol. The van der Waals surface area contributed by atoms with Crippen LogP contribution in [0.2, 0.25) is 0 Å². The third-order valence-corrected chi connectivity index (χ3v) is 6.56. The molecule has 3 fully saturated rings. The second-order valence-electron chi connectivity index (χ2n) is 8.43. The van der Waals surface area contributed by atoms with Gasteiger partial charge in [-0.2, -0.15) is 23.3 Å². The van der Waals surface area contributed by atoms with Crippen molar-refractivity contribution >= 4 is 29.2 Å².